The van der Waals surface area contributed by atoms with Crippen LogP contribution in [0.5, 0.6) is 5.75 Å². The van der Waals surface area contributed by atoms with Gasteiger partial charge in [-0.25, -0.2) is 4.98 Å². The third kappa shape index (κ3) is 5.98. The standard InChI is InChI=1S/C29H29F3N6O3S/c30-29(31,32)19-13-20(15-21(14-19)41-12-11-36-9-5-33-6-10-36)35-27(39)23-18-42-25-17-37(8-4-22(23)25)28(40)24-16-34-26-3-1-2-7-38(24)26/h1-3,7,13-16,18,33H,4-6,8-12,17H2,(H,35,39). The lowest BCUT2D eigenvalue weighted by atomic mass is 10.0. The van der Waals surface area contributed by atoms with E-state index in [2.05, 4.69) is 20.5 Å². The topological polar surface area (TPSA) is 91.2 Å². The van der Waals surface area contributed by atoms with Gasteiger partial charge in [0.15, 0.2) is 0 Å². The Hall–Kier alpha value is -3.94. The summed E-state index contributed by atoms with van der Waals surface area (Å²) in [6, 6.07) is 8.79. The van der Waals surface area contributed by atoms with E-state index in [0.29, 0.717) is 43.0 Å². The number of thiophene rings is 1. The highest BCUT2D eigenvalue weighted by Gasteiger charge is 2.32. The minimum absolute atomic E-state index is 0.00664. The number of pyridine rings is 1. The van der Waals surface area contributed by atoms with Gasteiger partial charge in [0.25, 0.3) is 11.8 Å². The number of hydrogen-bond donors (Lipinski definition) is 2. The van der Waals surface area contributed by atoms with Crippen LogP contribution >= 0.6 is 11.3 Å². The fraction of sp³-hybridized carbons (Fsp3) is 0.345. The van der Waals surface area contributed by atoms with Crippen molar-refractivity contribution >= 4 is 34.5 Å². The van der Waals surface area contributed by atoms with Gasteiger partial charge < -0.3 is 20.3 Å². The number of carbonyl (C=O) groups excluding carboxylic acids is 2. The van der Waals surface area contributed by atoms with Gasteiger partial charge in [-0.05, 0) is 36.2 Å². The number of hydrogen-bond acceptors (Lipinski definition) is 7. The SMILES string of the molecule is O=C(Nc1cc(OCCN2CCNCC2)cc(C(F)(F)F)c1)c1csc2c1CCN(C(=O)c1cnc3ccccn13)C2. The van der Waals surface area contributed by atoms with E-state index in [1.165, 1.54) is 17.4 Å². The first kappa shape index (κ1) is 28.2. The lowest BCUT2D eigenvalue weighted by molar-refractivity contribution is -0.137. The summed E-state index contributed by atoms with van der Waals surface area (Å²) in [5, 5.41) is 7.59. The minimum atomic E-state index is -4.60. The van der Waals surface area contributed by atoms with E-state index in [9.17, 15) is 22.8 Å². The lowest BCUT2D eigenvalue weighted by Crippen LogP contribution is -2.44. The van der Waals surface area contributed by atoms with E-state index in [1.54, 1.807) is 27.1 Å². The maximum absolute atomic E-state index is 13.7. The number of halogens is 3. The highest BCUT2D eigenvalue weighted by Crippen LogP contribution is 2.35. The Morgan fingerprint density at radius 2 is 1.95 bits per heavy atom. The summed E-state index contributed by atoms with van der Waals surface area (Å²) in [5.74, 6) is -0.614. The second-order valence-electron chi connectivity index (χ2n) is 10.2. The molecule has 0 radical (unpaired) electrons. The van der Waals surface area contributed by atoms with Gasteiger partial charge >= 0.3 is 6.18 Å². The molecule has 2 amide bonds. The molecule has 1 aromatic carbocycles. The summed E-state index contributed by atoms with van der Waals surface area (Å²) in [5.41, 5.74) is 1.45. The summed E-state index contributed by atoms with van der Waals surface area (Å²) in [6.07, 6.45) is -0.809. The number of carbonyl (C=O) groups is 2. The Bertz CT molecular complexity index is 1610. The Morgan fingerprint density at radius 1 is 1.12 bits per heavy atom. The van der Waals surface area contributed by atoms with E-state index in [-0.39, 0.29) is 24.0 Å². The highest BCUT2D eigenvalue weighted by molar-refractivity contribution is 7.10. The molecule has 1 fully saturated rings. The van der Waals surface area contributed by atoms with Crippen molar-refractivity contribution < 1.29 is 27.5 Å². The predicted octanol–water partition coefficient (Wildman–Crippen LogP) is 4.15. The molecule has 1 saturated heterocycles. The molecule has 5 heterocycles. The van der Waals surface area contributed by atoms with E-state index < -0.39 is 17.6 Å². The van der Waals surface area contributed by atoms with Gasteiger partial charge in [-0.15, -0.1) is 11.3 Å². The first-order valence-electron chi connectivity index (χ1n) is 13.7. The number of anilines is 1. The highest BCUT2D eigenvalue weighted by atomic mass is 32.1. The number of piperazine rings is 1. The first-order chi connectivity index (χ1) is 20.3. The predicted molar refractivity (Wildman–Crippen MR) is 152 cm³/mol. The lowest BCUT2D eigenvalue weighted by Gasteiger charge is -2.27. The number of amides is 2. The van der Waals surface area contributed by atoms with Crippen LogP contribution in [0.15, 0.2) is 54.2 Å². The van der Waals surface area contributed by atoms with Crippen molar-refractivity contribution in [3.8, 4) is 5.75 Å². The molecule has 9 nitrogen and oxygen atoms in total. The van der Waals surface area contributed by atoms with Gasteiger partial charge in [0, 0.05) is 67.5 Å². The number of rotatable bonds is 7. The van der Waals surface area contributed by atoms with E-state index in [1.807, 2.05) is 18.2 Å². The van der Waals surface area contributed by atoms with Gasteiger partial charge in [0.2, 0.25) is 0 Å². The summed E-state index contributed by atoms with van der Waals surface area (Å²) in [4.78, 5) is 35.6. The molecule has 4 aromatic rings. The van der Waals surface area contributed by atoms with Crippen molar-refractivity contribution in [2.75, 3.05) is 51.2 Å². The van der Waals surface area contributed by atoms with E-state index in [4.69, 9.17) is 4.74 Å². The number of aromatic nitrogens is 2. The quantitative estimate of drug-likeness (QED) is 0.332. The zero-order valence-electron chi connectivity index (χ0n) is 22.6. The molecule has 0 aliphatic carbocycles. The van der Waals surface area contributed by atoms with Crippen LogP contribution in [0, 0.1) is 0 Å². The molecule has 42 heavy (non-hydrogen) atoms. The van der Waals surface area contributed by atoms with Crippen LogP contribution < -0.4 is 15.4 Å². The Kier molecular flexibility index (Phi) is 7.88. The number of ether oxygens (including phenoxy) is 1. The first-order valence-corrected chi connectivity index (χ1v) is 14.5. The van der Waals surface area contributed by atoms with Crippen LogP contribution in [0.3, 0.4) is 0 Å². The van der Waals surface area contributed by atoms with Gasteiger partial charge in [0.05, 0.1) is 23.9 Å². The summed E-state index contributed by atoms with van der Waals surface area (Å²) < 4.78 is 48.4. The third-order valence-electron chi connectivity index (χ3n) is 7.49. The van der Waals surface area contributed by atoms with Crippen LogP contribution in [0.2, 0.25) is 0 Å². The van der Waals surface area contributed by atoms with Gasteiger partial charge in [-0.2, -0.15) is 13.2 Å². The monoisotopic (exact) mass is 598 g/mol. The number of fused-ring (bicyclic) bond motifs is 2. The molecular formula is C29H29F3N6O3S. The molecule has 13 heteroatoms. The van der Waals surface area contributed by atoms with E-state index >= 15 is 0 Å². The molecule has 0 atom stereocenters. The average molecular weight is 599 g/mol. The fourth-order valence-electron chi connectivity index (χ4n) is 5.29. The second kappa shape index (κ2) is 11.7. The number of imidazole rings is 1. The fourth-order valence-corrected chi connectivity index (χ4v) is 6.38. The summed E-state index contributed by atoms with van der Waals surface area (Å²) >= 11 is 1.36. The van der Waals surface area contributed by atoms with Gasteiger partial charge in [0.1, 0.15) is 23.7 Å². The summed E-state index contributed by atoms with van der Waals surface area (Å²) in [7, 11) is 0. The number of alkyl halides is 3. The second-order valence-corrected chi connectivity index (χ2v) is 11.2. The van der Waals surface area contributed by atoms with Crippen LogP contribution in [0.25, 0.3) is 5.65 Å². The number of nitrogens with zero attached hydrogens (tertiary/aromatic N) is 4. The van der Waals surface area contributed by atoms with Crippen molar-refractivity contribution in [2.45, 2.75) is 19.1 Å². The van der Waals surface area contributed by atoms with Gasteiger partial charge in [-0.1, -0.05) is 6.07 Å². The zero-order chi connectivity index (χ0) is 29.3. The van der Waals surface area contributed by atoms with Crippen LogP contribution in [0.1, 0.15) is 36.9 Å². The molecule has 6 rings (SSSR count). The maximum atomic E-state index is 13.7. The largest absolute Gasteiger partial charge is 0.492 e. The molecule has 3 aromatic heterocycles. The van der Waals surface area contributed by atoms with Crippen molar-refractivity contribution in [2.24, 2.45) is 0 Å². The van der Waals surface area contributed by atoms with Crippen molar-refractivity contribution in [1.29, 1.82) is 0 Å². The molecular weight excluding hydrogens is 569 g/mol. The molecule has 220 valence electrons. The Balaban J connectivity index is 1.14. The maximum Gasteiger partial charge on any atom is 0.416 e. The number of nitrogens with one attached hydrogen (secondary N) is 2. The Labute approximate surface area is 243 Å². The zero-order valence-corrected chi connectivity index (χ0v) is 23.4. The molecule has 0 unspecified atom stereocenters. The van der Waals surface area contributed by atoms with Crippen molar-refractivity contribution in [3.63, 3.8) is 0 Å². The van der Waals surface area contributed by atoms with Crippen LogP contribution in [0.4, 0.5) is 18.9 Å². The molecule has 0 spiro atoms. The van der Waals surface area contributed by atoms with E-state index in [0.717, 1.165) is 48.8 Å². The molecule has 2 aliphatic rings. The Morgan fingerprint density at radius 3 is 2.76 bits per heavy atom. The minimum Gasteiger partial charge on any atom is -0.492 e. The molecule has 0 saturated carbocycles. The summed E-state index contributed by atoms with van der Waals surface area (Å²) in [6.45, 7) is 4.99. The van der Waals surface area contributed by atoms with Gasteiger partial charge in [-0.3, -0.25) is 18.9 Å². The van der Waals surface area contributed by atoms with Crippen LogP contribution in [-0.2, 0) is 19.1 Å². The molecule has 0 bridgehead atoms. The number of benzene rings is 1. The van der Waals surface area contributed by atoms with Crippen molar-refractivity contribution in [3.05, 3.63) is 81.4 Å². The smallest absolute Gasteiger partial charge is 0.416 e. The molecule has 2 aliphatic heterocycles. The molecule has 2 N–H and O–H groups in total. The van der Waals surface area contributed by atoms with Crippen LogP contribution in [-0.4, -0.2) is 76.9 Å². The van der Waals surface area contributed by atoms with Crippen molar-refractivity contribution in [1.82, 2.24) is 24.5 Å². The third-order valence-corrected chi connectivity index (χ3v) is 8.51. The average Bonchev–Trinajstić information content (AvgIpc) is 3.61. The normalized spacial score (nSPS) is 15.9.